The van der Waals surface area contributed by atoms with Gasteiger partial charge in [0.2, 0.25) is 5.91 Å². The van der Waals surface area contributed by atoms with Crippen molar-refractivity contribution in [3.05, 3.63) is 35.1 Å². The summed E-state index contributed by atoms with van der Waals surface area (Å²) in [6.45, 7) is 3.95. The van der Waals surface area contributed by atoms with Crippen LogP contribution in [0.15, 0.2) is 18.2 Å². The molecule has 2 aliphatic heterocycles. The lowest BCUT2D eigenvalue weighted by Crippen LogP contribution is -2.44. The molecule has 2 nitrogen and oxygen atoms in total. The number of carbonyl (C=O) groups excluding carboxylic acids is 1. The number of alkyl halides is 2. The summed E-state index contributed by atoms with van der Waals surface area (Å²) >= 11 is 0. The van der Waals surface area contributed by atoms with Gasteiger partial charge in [-0.2, -0.15) is 0 Å². The molecule has 0 radical (unpaired) electrons. The van der Waals surface area contributed by atoms with Crippen LogP contribution in [0.25, 0.3) is 0 Å². The Hall–Kier alpha value is -1.52. The first-order valence-electron chi connectivity index (χ1n) is 7.61. The molecule has 0 spiro atoms. The monoisotopic (exact) mass is 311 g/mol. The van der Waals surface area contributed by atoms with E-state index in [0.29, 0.717) is 18.4 Å². The SMILES string of the molecule is Cc1cc(F)cc(C2CC[C@@H]3CC(C)(C(C)(F)F)C(=O)N23)c1. The van der Waals surface area contributed by atoms with Crippen molar-refractivity contribution >= 4 is 5.91 Å². The first kappa shape index (κ1) is 15.4. The maximum atomic E-state index is 13.9. The van der Waals surface area contributed by atoms with Gasteiger partial charge < -0.3 is 4.90 Å². The van der Waals surface area contributed by atoms with Gasteiger partial charge >= 0.3 is 0 Å². The van der Waals surface area contributed by atoms with Crippen molar-refractivity contribution in [3.63, 3.8) is 0 Å². The van der Waals surface area contributed by atoms with Gasteiger partial charge in [0.15, 0.2) is 0 Å². The first-order valence-corrected chi connectivity index (χ1v) is 7.61. The number of amides is 1. The van der Waals surface area contributed by atoms with E-state index < -0.39 is 17.2 Å². The fourth-order valence-electron chi connectivity index (χ4n) is 3.89. The van der Waals surface area contributed by atoms with E-state index in [9.17, 15) is 18.0 Å². The molecule has 0 N–H and O–H groups in total. The Balaban J connectivity index is 1.97. The molecule has 0 aliphatic carbocycles. The zero-order chi connectivity index (χ0) is 16.3. The van der Waals surface area contributed by atoms with E-state index in [2.05, 4.69) is 0 Å². The van der Waals surface area contributed by atoms with E-state index in [4.69, 9.17) is 0 Å². The molecule has 2 unspecified atom stereocenters. The lowest BCUT2D eigenvalue weighted by Gasteiger charge is -2.31. The Labute approximate surface area is 128 Å². The summed E-state index contributed by atoms with van der Waals surface area (Å²) in [6.07, 6.45) is 1.56. The number of fused-ring (bicyclic) bond motifs is 1. The Kier molecular flexibility index (Phi) is 3.31. The average molecular weight is 311 g/mol. The van der Waals surface area contributed by atoms with Crippen molar-refractivity contribution in [3.8, 4) is 0 Å². The second kappa shape index (κ2) is 4.74. The lowest BCUT2D eigenvalue weighted by atomic mass is 9.80. The standard InChI is InChI=1S/C17H20F3NO/c1-10-6-11(8-12(18)7-10)14-5-4-13-9-16(2,17(3,19)20)15(22)21(13)14/h6-8,13-14H,4-5,9H2,1-3H3/t13-,14?,16?/m1/s1. The summed E-state index contributed by atoms with van der Waals surface area (Å²) in [5.74, 6) is -3.92. The third-order valence-corrected chi connectivity index (χ3v) is 5.27. The highest BCUT2D eigenvalue weighted by atomic mass is 19.3. The number of carbonyl (C=O) groups is 1. The zero-order valence-electron chi connectivity index (χ0n) is 13.0. The molecule has 3 rings (SSSR count). The van der Waals surface area contributed by atoms with Gasteiger partial charge in [-0.1, -0.05) is 6.07 Å². The van der Waals surface area contributed by atoms with Crippen molar-refractivity contribution in [2.24, 2.45) is 5.41 Å². The molecule has 0 saturated carbocycles. The quantitative estimate of drug-likeness (QED) is 0.800. The summed E-state index contributed by atoms with van der Waals surface area (Å²) in [7, 11) is 0. The van der Waals surface area contributed by atoms with E-state index in [-0.39, 0.29) is 24.3 Å². The summed E-state index contributed by atoms with van der Waals surface area (Å²) in [5.41, 5.74) is -0.177. The summed E-state index contributed by atoms with van der Waals surface area (Å²) in [6, 6.07) is 4.20. The molecule has 3 atom stereocenters. The molecule has 5 heteroatoms. The predicted molar refractivity (Wildman–Crippen MR) is 77.1 cm³/mol. The largest absolute Gasteiger partial charge is 0.332 e. The minimum atomic E-state index is -3.06. The minimum absolute atomic E-state index is 0.167. The Morgan fingerprint density at radius 3 is 2.55 bits per heavy atom. The predicted octanol–water partition coefficient (Wildman–Crippen LogP) is 4.23. The fourth-order valence-corrected chi connectivity index (χ4v) is 3.89. The van der Waals surface area contributed by atoms with Gasteiger partial charge in [-0.25, -0.2) is 13.2 Å². The van der Waals surface area contributed by atoms with Gasteiger partial charge in [0.05, 0.1) is 6.04 Å². The molecule has 120 valence electrons. The lowest BCUT2D eigenvalue weighted by molar-refractivity contribution is -0.156. The number of nitrogens with zero attached hydrogens (tertiary/aromatic N) is 1. The van der Waals surface area contributed by atoms with E-state index in [1.165, 1.54) is 19.1 Å². The Bertz CT molecular complexity index is 605. The van der Waals surface area contributed by atoms with Crippen LogP contribution in [-0.2, 0) is 4.79 Å². The maximum Gasteiger partial charge on any atom is 0.259 e. The van der Waals surface area contributed by atoms with Crippen molar-refractivity contribution in [2.75, 3.05) is 0 Å². The molecule has 22 heavy (non-hydrogen) atoms. The van der Waals surface area contributed by atoms with Crippen molar-refractivity contribution in [2.45, 2.75) is 58.0 Å². The third-order valence-electron chi connectivity index (χ3n) is 5.27. The van der Waals surface area contributed by atoms with Crippen LogP contribution in [0.2, 0.25) is 0 Å². The van der Waals surface area contributed by atoms with E-state index in [0.717, 1.165) is 12.5 Å². The topological polar surface area (TPSA) is 20.3 Å². The van der Waals surface area contributed by atoms with Gasteiger partial charge in [-0.15, -0.1) is 0 Å². The molecule has 1 aromatic carbocycles. The molecular formula is C17H20F3NO. The van der Waals surface area contributed by atoms with E-state index in [1.807, 2.05) is 6.07 Å². The molecule has 2 heterocycles. The van der Waals surface area contributed by atoms with Gasteiger partial charge in [-0.05, 0) is 56.4 Å². The van der Waals surface area contributed by atoms with Crippen LogP contribution in [0.1, 0.15) is 50.3 Å². The number of hydrogen-bond acceptors (Lipinski definition) is 1. The molecular weight excluding hydrogens is 291 g/mol. The summed E-state index contributed by atoms with van der Waals surface area (Å²) in [5, 5.41) is 0. The number of benzene rings is 1. The van der Waals surface area contributed by atoms with Crippen molar-refractivity contribution in [1.29, 1.82) is 0 Å². The maximum absolute atomic E-state index is 13.9. The molecule has 0 bridgehead atoms. The molecule has 2 saturated heterocycles. The fraction of sp³-hybridized carbons (Fsp3) is 0.588. The highest BCUT2D eigenvalue weighted by Gasteiger charge is 2.62. The number of aryl methyl sites for hydroxylation is 1. The smallest absolute Gasteiger partial charge is 0.259 e. The highest BCUT2D eigenvalue weighted by Crippen LogP contribution is 2.54. The zero-order valence-corrected chi connectivity index (χ0v) is 13.0. The molecule has 2 fully saturated rings. The normalized spacial score (nSPS) is 31.7. The number of halogens is 3. The van der Waals surface area contributed by atoms with Gasteiger partial charge in [0.1, 0.15) is 11.2 Å². The van der Waals surface area contributed by atoms with Crippen molar-refractivity contribution in [1.82, 2.24) is 4.90 Å². The van der Waals surface area contributed by atoms with Gasteiger partial charge in [0.25, 0.3) is 5.92 Å². The van der Waals surface area contributed by atoms with Crippen LogP contribution in [0.3, 0.4) is 0 Å². The Morgan fingerprint density at radius 1 is 1.27 bits per heavy atom. The molecule has 0 aromatic heterocycles. The van der Waals surface area contributed by atoms with Crippen LogP contribution in [0, 0.1) is 18.2 Å². The Morgan fingerprint density at radius 2 is 1.95 bits per heavy atom. The minimum Gasteiger partial charge on any atom is -0.332 e. The average Bonchev–Trinajstić information content (AvgIpc) is 2.88. The van der Waals surface area contributed by atoms with Crippen LogP contribution >= 0.6 is 0 Å². The first-order chi connectivity index (χ1) is 10.1. The van der Waals surface area contributed by atoms with Crippen LogP contribution in [-0.4, -0.2) is 22.8 Å². The van der Waals surface area contributed by atoms with Gasteiger partial charge in [-0.3, -0.25) is 4.79 Å². The van der Waals surface area contributed by atoms with Crippen LogP contribution in [0.5, 0.6) is 0 Å². The van der Waals surface area contributed by atoms with Gasteiger partial charge in [0, 0.05) is 13.0 Å². The second-order valence-electron chi connectivity index (χ2n) is 6.95. The summed E-state index contributed by atoms with van der Waals surface area (Å²) < 4.78 is 41.5. The third kappa shape index (κ3) is 2.13. The molecule has 2 aliphatic rings. The number of hydrogen-bond donors (Lipinski definition) is 0. The second-order valence-corrected chi connectivity index (χ2v) is 6.95. The van der Waals surface area contributed by atoms with E-state index >= 15 is 0 Å². The number of rotatable bonds is 2. The van der Waals surface area contributed by atoms with Crippen LogP contribution < -0.4 is 0 Å². The highest BCUT2D eigenvalue weighted by molar-refractivity contribution is 5.87. The molecule has 1 amide bonds. The van der Waals surface area contributed by atoms with Crippen molar-refractivity contribution < 1.29 is 18.0 Å². The molecule has 1 aromatic rings. The summed E-state index contributed by atoms with van der Waals surface area (Å²) in [4.78, 5) is 14.2. The van der Waals surface area contributed by atoms with Crippen LogP contribution in [0.4, 0.5) is 13.2 Å². The van der Waals surface area contributed by atoms with E-state index in [1.54, 1.807) is 11.8 Å².